The van der Waals surface area contributed by atoms with Crippen molar-refractivity contribution in [1.82, 2.24) is 24.4 Å². The summed E-state index contributed by atoms with van der Waals surface area (Å²) in [7, 11) is 0. The smallest absolute Gasteiger partial charge is 0.247 e. The Bertz CT molecular complexity index is 1820. The number of aromatic nitrogens is 4. The number of morpholine rings is 1. The molecule has 1 saturated carbocycles. The number of hydrogen-bond donors (Lipinski definition) is 2. The van der Waals surface area contributed by atoms with Crippen LogP contribution in [-0.2, 0) is 11.3 Å². The summed E-state index contributed by atoms with van der Waals surface area (Å²) in [6, 6.07) is 6.10. The predicted molar refractivity (Wildman–Crippen MR) is 174 cm³/mol. The van der Waals surface area contributed by atoms with E-state index in [1.165, 1.54) is 6.07 Å². The second-order valence-electron chi connectivity index (χ2n) is 13.9. The molecule has 2 aromatic heterocycles. The summed E-state index contributed by atoms with van der Waals surface area (Å²) in [5.41, 5.74) is 1.02. The third kappa shape index (κ3) is 6.09. The molecule has 0 bridgehead atoms. The Morgan fingerprint density at radius 1 is 1.15 bits per heavy atom. The monoisotopic (exact) mass is 628 g/mol. The van der Waals surface area contributed by atoms with Gasteiger partial charge in [0.2, 0.25) is 11.8 Å². The number of fused-ring (bicyclic) bond motifs is 2. The van der Waals surface area contributed by atoms with Crippen LogP contribution >= 0.6 is 0 Å². The first-order chi connectivity index (χ1) is 22.0. The maximum Gasteiger partial charge on any atom is 0.247 e. The zero-order valence-corrected chi connectivity index (χ0v) is 26.7. The molecule has 3 aliphatic rings. The molecule has 7 rings (SSSR count). The number of nitrogens with zero attached hydrogens (tertiary/aromatic N) is 6. The molecule has 10 nitrogen and oxygen atoms in total. The number of piperidine rings is 1. The molecule has 3 fully saturated rings. The topological polar surface area (TPSA) is 109 Å². The lowest BCUT2D eigenvalue weighted by Gasteiger charge is -2.37. The minimum atomic E-state index is -0.863. The lowest BCUT2D eigenvalue weighted by molar-refractivity contribution is -0.0740. The van der Waals surface area contributed by atoms with E-state index in [1.54, 1.807) is 24.5 Å². The van der Waals surface area contributed by atoms with Crippen LogP contribution in [0.25, 0.3) is 21.9 Å². The normalized spacial score (nSPS) is 24.7. The highest BCUT2D eigenvalue weighted by atomic mass is 19.1. The lowest BCUT2D eigenvalue weighted by Crippen LogP contribution is -2.48. The zero-order valence-electron chi connectivity index (χ0n) is 26.7. The highest BCUT2D eigenvalue weighted by Crippen LogP contribution is 2.47. The van der Waals surface area contributed by atoms with Crippen LogP contribution in [0.3, 0.4) is 0 Å². The van der Waals surface area contributed by atoms with E-state index in [0.29, 0.717) is 65.4 Å². The largest absolute Gasteiger partial charge is 0.508 e. The fourth-order valence-corrected chi connectivity index (χ4v) is 7.25. The summed E-state index contributed by atoms with van der Waals surface area (Å²) < 4.78 is 29.1. The molecule has 3 atom stereocenters. The maximum atomic E-state index is 14.8. The van der Waals surface area contributed by atoms with Gasteiger partial charge in [-0.3, -0.25) is 4.90 Å². The summed E-state index contributed by atoms with van der Waals surface area (Å²) >= 11 is 0. The van der Waals surface area contributed by atoms with Crippen LogP contribution in [0, 0.1) is 23.6 Å². The standard InChI is InChI=1S/C35H41FN6O4/c1-5-27-28(36)8-7-24-13-26(43)14-25(29(24)27)17-42-21-37-30-31(42)38-33(41-12-6-9-34(4,44)18-41)39-32(30)45-20-35(10-11-35)19-40-15-22(2)46-23(3)16-40/h1,7-8,13-14,21-23,43-44H,6,9-12,15-20H2,2-4H3/t22-,23+,34-/m0/s1. The van der Waals surface area contributed by atoms with Gasteiger partial charge in [0.15, 0.2) is 11.2 Å². The third-order valence-electron chi connectivity index (χ3n) is 9.52. The van der Waals surface area contributed by atoms with Gasteiger partial charge in [-0.05, 0) is 75.6 Å². The third-order valence-corrected chi connectivity index (χ3v) is 9.52. The molecule has 2 saturated heterocycles. The molecule has 4 aromatic rings. The number of halogens is 1. The number of imidazole rings is 1. The average molecular weight is 629 g/mol. The van der Waals surface area contributed by atoms with Crippen LogP contribution < -0.4 is 9.64 Å². The Morgan fingerprint density at radius 2 is 1.93 bits per heavy atom. The first-order valence-corrected chi connectivity index (χ1v) is 16.1. The molecule has 1 aliphatic carbocycles. The van der Waals surface area contributed by atoms with Crippen molar-refractivity contribution < 1.29 is 24.1 Å². The van der Waals surface area contributed by atoms with E-state index in [0.717, 1.165) is 38.9 Å². The average Bonchev–Trinajstić information content (AvgIpc) is 3.64. The maximum absolute atomic E-state index is 14.8. The number of phenols is 1. The second kappa shape index (κ2) is 11.7. The van der Waals surface area contributed by atoms with Gasteiger partial charge in [0, 0.05) is 43.5 Å². The van der Waals surface area contributed by atoms with E-state index in [1.807, 2.05) is 16.4 Å². The number of β-amino-alcohol motifs (C(OH)–C–C–N with tert-alkyl or cyclic N) is 1. The number of ether oxygens (including phenoxy) is 2. The van der Waals surface area contributed by atoms with Crippen LogP contribution in [0.1, 0.15) is 57.6 Å². The quantitative estimate of drug-likeness (QED) is 0.273. The van der Waals surface area contributed by atoms with Gasteiger partial charge in [-0.25, -0.2) is 9.37 Å². The Kier molecular flexibility index (Phi) is 7.78. The minimum Gasteiger partial charge on any atom is -0.508 e. The highest BCUT2D eigenvalue weighted by molar-refractivity contribution is 5.92. The van der Waals surface area contributed by atoms with E-state index >= 15 is 0 Å². The number of phenolic OH excluding ortho intramolecular Hbond substituents is 1. The van der Waals surface area contributed by atoms with Crippen molar-refractivity contribution in [2.45, 2.75) is 70.8 Å². The molecular formula is C35H41FN6O4. The summed E-state index contributed by atoms with van der Waals surface area (Å²) in [4.78, 5) is 19.0. The van der Waals surface area contributed by atoms with E-state index in [4.69, 9.17) is 30.8 Å². The minimum absolute atomic E-state index is 0.0434. The van der Waals surface area contributed by atoms with Crippen LogP contribution in [-0.4, -0.2) is 91.8 Å². The fraction of sp³-hybridized carbons (Fsp3) is 0.514. The SMILES string of the molecule is C#Cc1c(F)ccc2cc(O)cc(Cn3cnc4c(OCC5(CN6C[C@@H](C)O[C@@H](C)C6)CC5)nc(N5CCC[C@](C)(O)C5)nc43)c12. The molecule has 0 unspecified atom stereocenters. The lowest BCUT2D eigenvalue weighted by atomic mass is 9.95. The van der Waals surface area contributed by atoms with Crippen molar-refractivity contribution in [2.24, 2.45) is 5.41 Å². The number of terminal acetylenes is 1. The molecule has 242 valence electrons. The van der Waals surface area contributed by atoms with Gasteiger partial charge in [-0.1, -0.05) is 12.0 Å². The van der Waals surface area contributed by atoms with Gasteiger partial charge in [0.05, 0.1) is 42.9 Å². The summed E-state index contributed by atoms with van der Waals surface area (Å²) in [6.45, 7) is 10.7. The second-order valence-corrected chi connectivity index (χ2v) is 13.9. The Labute approximate surface area is 268 Å². The molecule has 11 heteroatoms. The van der Waals surface area contributed by atoms with Crippen LogP contribution in [0.2, 0.25) is 0 Å². The van der Waals surface area contributed by atoms with Crippen LogP contribution in [0.4, 0.5) is 10.3 Å². The molecule has 4 heterocycles. The molecule has 0 radical (unpaired) electrons. The Morgan fingerprint density at radius 3 is 2.65 bits per heavy atom. The Balaban J connectivity index is 1.24. The fourth-order valence-electron chi connectivity index (χ4n) is 7.25. The van der Waals surface area contributed by atoms with Gasteiger partial charge in [0.25, 0.3) is 0 Å². The van der Waals surface area contributed by atoms with Gasteiger partial charge in [-0.2, -0.15) is 9.97 Å². The van der Waals surface area contributed by atoms with Crippen LogP contribution in [0.5, 0.6) is 11.6 Å². The summed E-state index contributed by atoms with van der Waals surface area (Å²) in [5.74, 6) is 2.90. The van der Waals surface area contributed by atoms with E-state index in [2.05, 4.69) is 24.7 Å². The van der Waals surface area contributed by atoms with Crippen molar-refractivity contribution in [2.75, 3.05) is 44.2 Å². The summed E-state index contributed by atoms with van der Waals surface area (Å²) in [6.07, 6.45) is 11.5. The van der Waals surface area contributed by atoms with E-state index in [-0.39, 0.29) is 35.5 Å². The van der Waals surface area contributed by atoms with Crippen molar-refractivity contribution in [3.05, 3.63) is 47.5 Å². The Hall–Kier alpha value is -3.98. The number of rotatable bonds is 8. The zero-order chi connectivity index (χ0) is 32.2. The van der Waals surface area contributed by atoms with Gasteiger partial charge < -0.3 is 29.2 Å². The van der Waals surface area contributed by atoms with Crippen molar-refractivity contribution in [1.29, 1.82) is 0 Å². The first kappa shape index (κ1) is 30.7. The molecule has 2 aromatic carbocycles. The van der Waals surface area contributed by atoms with Gasteiger partial charge in [-0.15, -0.1) is 6.42 Å². The molecule has 46 heavy (non-hydrogen) atoms. The molecule has 2 aliphatic heterocycles. The first-order valence-electron chi connectivity index (χ1n) is 16.1. The predicted octanol–water partition coefficient (Wildman–Crippen LogP) is 4.47. The highest BCUT2D eigenvalue weighted by Gasteiger charge is 2.46. The van der Waals surface area contributed by atoms with Crippen molar-refractivity contribution in [3.63, 3.8) is 0 Å². The number of anilines is 1. The van der Waals surface area contributed by atoms with Gasteiger partial charge in [0.1, 0.15) is 11.6 Å². The number of aliphatic hydroxyl groups is 1. The van der Waals surface area contributed by atoms with Gasteiger partial charge >= 0.3 is 0 Å². The molecule has 2 N–H and O–H groups in total. The number of aromatic hydroxyl groups is 1. The van der Waals surface area contributed by atoms with Crippen LogP contribution in [0.15, 0.2) is 30.6 Å². The van der Waals surface area contributed by atoms with E-state index < -0.39 is 11.4 Å². The van der Waals surface area contributed by atoms with E-state index in [9.17, 15) is 14.6 Å². The molecule has 0 spiro atoms. The number of hydrogen-bond acceptors (Lipinski definition) is 9. The summed E-state index contributed by atoms with van der Waals surface area (Å²) in [5, 5.41) is 22.6. The molecular weight excluding hydrogens is 587 g/mol. The van der Waals surface area contributed by atoms with Crippen molar-refractivity contribution >= 4 is 27.9 Å². The number of benzene rings is 2. The molecule has 0 amide bonds. The van der Waals surface area contributed by atoms with Crippen molar-refractivity contribution in [3.8, 4) is 24.0 Å².